The summed E-state index contributed by atoms with van der Waals surface area (Å²) in [6.07, 6.45) is 0. The molecule has 0 aliphatic carbocycles. The first-order valence-electron chi connectivity index (χ1n) is 2.29. The molecule has 0 aliphatic rings. The van der Waals surface area contributed by atoms with Crippen molar-refractivity contribution >= 4 is 75.0 Å². The monoisotopic (exact) mass is 236 g/mol. The zero-order chi connectivity index (χ0) is 8.36. The van der Waals surface area contributed by atoms with E-state index in [4.69, 9.17) is 14.9 Å². The van der Waals surface area contributed by atoms with Crippen LogP contribution in [0.5, 0.6) is 0 Å². The van der Waals surface area contributed by atoms with E-state index in [0.29, 0.717) is 0 Å². The Balaban J connectivity index is -0.000000405. The molecular weight excluding hydrogens is 228 g/mol. The fourth-order valence-corrected chi connectivity index (χ4v) is 1.69. The molecule has 0 heterocycles. The maximum absolute atomic E-state index is 10.5. The molecule has 0 spiro atoms. The van der Waals surface area contributed by atoms with Gasteiger partial charge in [0.2, 0.25) is 0 Å². The first-order valence-corrected chi connectivity index (χ1v) is 5.20. The zero-order valence-corrected chi connectivity index (χ0v) is 13.0. The molecule has 0 rings (SSSR count). The Bertz CT molecular complexity index is 182. The summed E-state index contributed by atoms with van der Waals surface area (Å²) in [5, 5.41) is 8.46. The van der Waals surface area contributed by atoms with Crippen molar-refractivity contribution in [1.82, 2.24) is 0 Å². The van der Waals surface area contributed by atoms with Gasteiger partial charge in [0.15, 0.2) is 5.85 Å². The van der Waals surface area contributed by atoms with Crippen LogP contribution in [0.15, 0.2) is 0 Å². The number of hydrogen-bond acceptors (Lipinski definition) is 4. The molecule has 3 N–H and O–H groups in total. The average Bonchev–Trinajstić information content (AvgIpc) is 1.60. The second-order valence-electron chi connectivity index (χ2n) is 1.55. The molecule has 0 aromatic rings. The number of rotatable bonds is 3. The Hall–Kier alpha value is 2.30. The van der Waals surface area contributed by atoms with Crippen LogP contribution in [-0.2, 0) is 13.4 Å². The summed E-state index contributed by atoms with van der Waals surface area (Å²) in [7, 11) is -7.74. The normalized spacial score (nSPS) is 19.3. The third kappa shape index (κ3) is 8.88. The first kappa shape index (κ1) is 19.8. The van der Waals surface area contributed by atoms with Gasteiger partial charge in [-0.15, -0.1) is 0 Å². The van der Waals surface area contributed by atoms with Crippen molar-refractivity contribution in [1.29, 1.82) is 0 Å². The van der Waals surface area contributed by atoms with E-state index in [9.17, 15) is 9.13 Å². The molecular formula is C2H8Na2O6P2. The molecule has 0 saturated carbocycles. The maximum Gasteiger partial charge on any atom is 0.362 e. The van der Waals surface area contributed by atoms with Crippen molar-refractivity contribution in [2.24, 2.45) is 0 Å². The fraction of sp³-hybridized carbons (Fsp3) is 1.00. The third-order valence-corrected chi connectivity index (χ3v) is 3.30. The van der Waals surface area contributed by atoms with Crippen LogP contribution in [0.25, 0.3) is 0 Å². The number of aliphatic hydroxyl groups excluding tert-OH is 1. The fourth-order valence-electron chi connectivity index (χ4n) is 0.188. The van der Waals surface area contributed by atoms with Gasteiger partial charge in [-0.3, -0.25) is 9.13 Å². The van der Waals surface area contributed by atoms with Gasteiger partial charge in [-0.05, 0) is 6.92 Å². The van der Waals surface area contributed by atoms with Crippen molar-refractivity contribution in [3.8, 4) is 0 Å². The van der Waals surface area contributed by atoms with Crippen LogP contribution in [0.3, 0.4) is 0 Å². The molecule has 0 saturated heterocycles. The first-order chi connectivity index (χ1) is 4.36. The van der Waals surface area contributed by atoms with Crippen molar-refractivity contribution in [2.45, 2.75) is 12.8 Å². The van der Waals surface area contributed by atoms with Gasteiger partial charge in [-0.25, -0.2) is 4.31 Å². The second kappa shape index (κ2) is 8.60. The zero-order valence-electron chi connectivity index (χ0n) is 7.09. The van der Waals surface area contributed by atoms with E-state index < -0.39 is 21.7 Å². The van der Waals surface area contributed by atoms with Gasteiger partial charge >= 0.3 is 15.9 Å². The predicted octanol–water partition coefficient (Wildman–Crippen LogP) is -0.853. The molecule has 6 nitrogen and oxygen atoms in total. The second-order valence-corrected chi connectivity index (χ2v) is 4.69. The molecule has 0 fully saturated rings. The van der Waals surface area contributed by atoms with E-state index in [1.165, 1.54) is 0 Å². The summed E-state index contributed by atoms with van der Waals surface area (Å²) >= 11 is 0. The van der Waals surface area contributed by atoms with E-state index in [0.717, 1.165) is 6.92 Å². The quantitative estimate of drug-likeness (QED) is 0.435. The Labute approximate surface area is 115 Å². The van der Waals surface area contributed by atoms with Gasteiger partial charge in [0, 0.05) is 59.1 Å². The van der Waals surface area contributed by atoms with Gasteiger partial charge < -0.3 is 14.9 Å². The summed E-state index contributed by atoms with van der Waals surface area (Å²) in [6.45, 7) is 0.992. The number of hydrogen-bond donors (Lipinski definition) is 3. The Morgan fingerprint density at radius 1 is 1.50 bits per heavy atom. The van der Waals surface area contributed by atoms with Crippen molar-refractivity contribution in [3.05, 3.63) is 0 Å². The SMILES string of the molecule is CC(O)P(=O)(O)O[PH](=O)O.[Na].[Na]. The standard InChI is InChI=1S/C2H8O6P2.2Na/c1-2(3)10(6,7)8-9(4)5;;/h2-3,9H,1H3,(H,4,5)(H,6,7);;. The predicted molar refractivity (Wildman–Crippen MR) is 45.3 cm³/mol. The molecule has 0 aliphatic heterocycles. The third-order valence-electron chi connectivity index (χ3n) is 0.681. The maximum atomic E-state index is 10.5. The van der Waals surface area contributed by atoms with Crippen LogP contribution in [0.4, 0.5) is 0 Å². The van der Waals surface area contributed by atoms with E-state index in [2.05, 4.69) is 4.31 Å². The molecule has 10 heteroatoms. The van der Waals surface area contributed by atoms with Crippen LogP contribution in [0.2, 0.25) is 0 Å². The molecule has 64 valence electrons. The summed E-state index contributed by atoms with van der Waals surface area (Å²) in [5.41, 5.74) is 0. The Morgan fingerprint density at radius 3 is 1.92 bits per heavy atom. The molecule has 3 unspecified atom stereocenters. The van der Waals surface area contributed by atoms with Crippen LogP contribution < -0.4 is 0 Å². The summed E-state index contributed by atoms with van der Waals surface area (Å²) in [5.74, 6) is -1.64. The van der Waals surface area contributed by atoms with Gasteiger partial charge in [0.1, 0.15) is 0 Å². The molecule has 0 aromatic heterocycles. The summed E-state index contributed by atoms with van der Waals surface area (Å²) in [4.78, 5) is 16.5. The van der Waals surface area contributed by atoms with Crippen LogP contribution in [0, 0.1) is 0 Å². The van der Waals surface area contributed by atoms with E-state index in [1.807, 2.05) is 0 Å². The summed E-state index contributed by atoms with van der Waals surface area (Å²) in [6, 6.07) is 0. The Kier molecular flexibility index (Phi) is 14.2. The molecule has 0 amide bonds. The molecule has 0 bridgehead atoms. The largest absolute Gasteiger partial charge is 0.381 e. The minimum absolute atomic E-state index is 0. The molecule has 3 atom stereocenters. The van der Waals surface area contributed by atoms with Crippen molar-refractivity contribution < 1.29 is 28.3 Å². The van der Waals surface area contributed by atoms with Gasteiger partial charge in [-0.1, -0.05) is 0 Å². The van der Waals surface area contributed by atoms with Crippen molar-refractivity contribution in [3.63, 3.8) is 0 Å². The Morgan fingerprint density at radius 2 is 1.83 bits per heavy atom. The van der Waals surface area contributed by atoms with E-state index in [1.54, 1.807) is 0 Å². The average molecular weight is 236 g/mol. The van der Waals surface area contributed by atoms with Crippen LogP contribution in [-0.4, -0.2) is 79.9 Å². The smallest absolute Gasteiger partial charge is 0.362 e. The summed E-state index contributed by atoms with van der Waals surface area (Å²) < 4.78 is 24.0. The minimum atomic E-state index is -4.28. The van der Waals surface area contributed by atoms with E-state index in [-0.39, 0.29) is 59.1 Å². The molecule has 0 aromatic carbocycles. The van der Waals surface area contributed by atoms with Crippen LogP contribution in [0.1, 0.15) is 6.92 Å². The van der Waals surface area contributed by atoms with Gasteiger partial charge in [0.05, 0.1) is 0 Å². The van der Waals surface area contributed by atoms with Gasteiger partial charge in [0.25, 0.3) is 0 Å². The topological polar surface area (TPSA) is 104 Å². The van der Waals surface area contributed by atoms with Crippen molar-refractivity contribution in [2.75, 3.05) is 0 Å². The minimum Gasteiger partial charge on any atom is -0.381 e. The molecule has 2 radical (unpaired) electrons. The van der Waals surface area contributed by atoms with E-state index >= 15 is 0 Å². The van der Waals surface area contributed by atoms with Crippen LogP contribution >= 0.6 is 15.9 Å². The van der Waals surface area contributed by atoms with Gasteiger partial charge in [-0.2, -0.15) is 0 Å². The number of aliphatic hydroxyl groups is 1. The molecule has 12 heavy (non-hydrogen) atoms.